The molecular formula is C20H19Cl2N3O2. The predicted octanol–water partition coefficient (Wildman–Crippen LogP) is 3.67. The predicted molar refractivity (Wildman–Crippen MR) is 105 cm³/mol. The highest BCUT2D eigenvalue weighted by Crippen LogP contribution is 2.24. The van der Waals surface area contributed by atoms with Crippen molar-refractivity contribution in [2.75, 3.05) is 32.8 Å². The fourth-order valence-corrected chi connectivity index (χ4v) is 3.41. The molecule has 1 aliphatic rings. The van der Waals surface area contributed by atoms with Gasteiger partial charge in [0.25, 0.3) is 5.91 Å². The topological polar surface area (TPSA) is 65.4 Å². The van der Waals surface area contributed by atoms with E-state index in [4.69, 9.17) is 33.2 Å². The Labute approximate surface area is 168 Å². The Hall–Kier alpha value is -2.10. The van der Waals surface area contributed by atoms with E-state index >= 15 is 0 Å². The number of carbonyl (C=O) groups excluding carboxylic acids is 1. The summed E-state index contributed by atoms with van der Waals surface area (Å²) < 4.78 is 5.44. The Morgan fingerprint density at radius 3 is 2.56 bits per heavy atom. The Morgan fingerprint density at radius 1 is 1.19 bits per heavy atom. The number of rotatable bonds is 5. The molecule has 27 heavy (non-hydrogen) atoms. The summed E-state index contributed by atoms with van der Waals surface area (Å²) in [5, 5.41) is 13.0. The zero-order valence-electron chi connectivity index (χ0n) is 14.6. The van der Waals surface area contributed by atoms with Gasteiger partial charge in [-0.1, -0.05) is 35.3 Å². The minimum absolute atomic E-state index is 0.00644. The second-order valence-electron chi connectivity index (χ2n) is 6.23. The zero-order valence-corrected chi connectivity index (χ0v) is 16.1. The molecule has 0 saturated carbocycles. The van der Waals surface area contributed by atoms with Crippen molar-refractivity contribution in [2.45, 2.75) is 6.04 Å². The molecule has 140 valence electrons. The lowest BCUT2D eigenvalue weighted by Crippen LogP contribution is -2.43. The molecule has 1 N–H and O–H groups in total. The van der Waals surface area contributed by atoms with Crippen LogP contribution in [0.2, 0.25) is 10.0 Å². The Balaban J connectivity index is 1.77. The van der Waals surface area contributed by atoms with Crippen molar-refractivity contribution in [3.63, 3.8) is 0 Å². The van der Waals surface area contributed by atoms with Crippen LogP contribution in [-0.2, 0) is 4.74 Å². The normalized spacial score (nSPS) is 15.7. The molecule has 2 aromatic rings. The van der Waals surface area contributed by atoms with Gasteiger partial charge in [-0.2, -0.15) is 5.26 Å². The molecule has 5 nitrogen and oxygen atoms in total. The van der Waals surface area contributed by atoms with Crippen molar-refractivity contribution in [3.05, 3.63) is 69.2 Å². The fourth-order valence-electron chi connectivity index (χ4n) is 3.09. The van der Waals surface area contributed by atoms with Gasteiger partial charge in [-0.25, -0.2) is 0 Å². The zero-order chi connectivity index (χ0) is 19.2. The van der Waals surface area contributed by atoms with Crippen LogP contribution in [-0.4, -0.2) is 43.7 Å². The maximum Gasteiger partial charge on any atom is 0.252 e. The molecule has 2 aromatic carbocycles. The van der Waals surface area contributed by atoms with Gasteiger partial charge in [0.15, 0.2) is 0 Å². The van der Waals surface area contributed by atoms with Gasteiger partial charge in [-0.3, -0.25) is 9.69 Å². The summed E-state index contributed by atoms with van der Waals surface area (Å²) in [6.07, 6.45) is 0. The van der Waals surface area contributed by atoms with E-state index in [1.807, 2.05) is 30.3 Å². The summed E-state index contributed by atoms with van der Waals surface area (Å²) in [6, 6.07) is 14.3. The van der Waals surface area contributed by atoms with Gasteiger partial charge >= 0.3 is 0 Å². The number of carbonyl (C=O) groups is 1. The van der Waals surface area contributed by atoms with Crippen LogP contribution < -0.4 is 5.32 Å². The van der Waals surface area contributed by atoms with E-state index in [1.54, 1.807) is 12.1 Å². The lowest BCUT2D eigenvalue weighted by molar-refractivity contribution is 0.0162. The molecule has 0 aliphatic carbocycles. The van der Waals surface area contributed by atoms with Crippen molar-refractivity contribution in [2.24, 2.45) is 0 Å². The first-order chi connectivity index (χ1) is 13.1. The lowest BCUT2D eigenvalue weighted by atomic mass is 10.0. The molecule has 1 amide bonds. The molecule has 1 saturated heterocycles. The molecular weight excluding hydrogens is 385 g/mol. The van der Waals surface area contributed by atoms with Gasteiger partial charge in [-0.15, -0.1) is 0 Å². The van der Waals surface area contributed by atoms with Crippen LogP contribution in [0.25, 0.3) is 0 Å². The van der Waals surface area contributed by atoms with Gasteiger partial charge < -0.3 is 10.1 Å². The number of nitriles is 1. The fraction of sp³-hybridized carbons (Fsp3) is 0.300. The second kappa shape index (κ2) is 9.20. The number of morpholine rings is 1. The largest absolute Gasteiger partial charge is 0.379 e. The number of nitrogens with one attached hydrogen (secondary N) is 1. The van der Waals surface area contributed by atoms with E-state index in [2.05, 4.69) is 10.2 Å². The van der Waals surface area contributed by atoms with E-state index in [0.29, 0.717) is 40.9 Å². The van der Waals surface area contributed by atoms with Crippen molar-refractivity contribution in [3.8, 4) is 6.07 Å². The number of ether oxygens (including phenoxy) is 1. The van der Waals surface area contributed by atoms with Crippen molar-refractivity contribution in [1.29, 1.82) is 5.26 Å². The summed E-state index contributed by atoms with van der Waals surface area (Å²) in [7, 11) is 0. The summed E-state index contributed by atoms with van der Waals surface area (Å²) in [5.74, 6) is -0.302. The van der Waals surface area contributed by atoms with Crippen LogP contribution in [0.3, 0.4) is 0 Å². The number of hydrogen-bond acceptors (Lipinski definition) is 4. The number of hydrogen-bond donors (Lipinski definition) is 1. The number of nitrogens with zero attached hydrogens (tertiary/aromatic N) is 2. The van der Waals surface area contributed by atoms with Crippen LogP contribution in [0.1, 0.15) is 27.5 Å². The molecule has 7 heteroatoms. The third-order valence-electron chi connectivity index (χ3n) is 4.54. The van der Waals surface area contributed by atoms with E-state index < -0.39 is 0 Å². The Kier molecular flexibility index (Phi) is 6.70. The number of amides is 1. The summed E-state index contributed by atoms with van der Waals surface area (Å²) in [6.45, 7) is 3.30. The van der Waals surface area contributed by atoms with Gasteiger partial charge in [-0.05, 0) is 35.9 Å². The van der Waals surface area contributed by atoms with Gasteiger partial charge in [0.05, 0.1) is 41.5 Å². The summed E-state index contributed by atoms with van der Waals surface area (Å²) in [4.78, 5) is 14.9. The second-order valence-corrected chi connectivity index (χ2v) is 7.08. The molecule has 1 atom stereocenters. The van der Waals surface area contributed by atoms with E-state index in [9.17, 15) is 4.79 Å². The standard InChI is InChI=1S/C20H19Cl2N3O2/c21-16-4-2-15(3-5-16)19(25-7-9-27-10-8-25)13-24-20(26)17-11-14(12-23)1-6-18(17)22/h1-6,11,19H,7-10,13H2,(H,24,26). The molecule has 0 radical (unpaired) electrons. The first-order valence-electron chi connectivity index (χ1n) is 8.63. The monoisotopic (exact) mass is 403 g/mol. The number of benzene rings is 2. The highest BCUT2D eigenvalue weighted by atomic mass is 35.5. The van der Waals surface area contributed by atoms with Crippen LogP contribution in [0.15, 0.2) is 42.5 Å². The van der Waals surface area contributed by atoms with Crippen molar-refractivity contribution >= 4 is 29.1 Å². The lowest BCUT2D eigenvalue weighted by Gasteiger charge is -2.35. The molecule has 1 heterocycles. The minimum Gasteiger partial charge on any atom is -0.379 e. The van der Waals surface area contributed by atoms with Gasteiger partial charge in [0, 0.05) is 24.7 Å². The Morgan fingerprint density at radius 2 is 1.89 bits per heavy atom. The average molecular weight is 404 g/mol. The minimum atomic E-state index is -0.302. The molecule has 0 bridgehead atoms. The number of halogens is 2. The molecule has 1 fully saturated rings. The first-order valence-corrected chi connectivity index (χ1v) is 9.39. The van der Waals surface area contributed by atoms with Crippen LogP contribution >= 0.6 is 23.2 Å². The average Bonchev–Trinajstić information content (AvgIpc) is 2.70. The quantitative estimate of drug-likeness (QED) is 0.826. The van der Waals surface area contributed by atoms with Crippen molar-refractivity contribution in [1.82, 2.24) is 10.2 Å². The molecule has 1 aliphatic heterocycles. The SMILES string of the molecule is N#Cc1ccc(Cl)c(C(=O)NCC(c2ccc(Cl)cc2)N2CCOCC2)c1. The summed E-state index contributed by atoms with van der Waals surface area (Å²) >= 11 is 12.1. The molecule has 3 rings (SSSR count). The molecule has 0 spiro atoms. The van der Waals surface area contributed by atoms with Crippen LogP contribution in [0, 0.1) is 11.3 Å². The maximum atomic E-state index is 12.6. The third-order valence-corrected chi connectivity index (χ3v) is 5.12. The maximum absolute atomic E-state index is 12.6. The van der Waals surface area contributed by atoms with E-state index in [0.717, 1.165) is 18.7 Å². The van der Waals surface area contributed by atoms with E-state index in [-0.39, 0.29) is 11.9 Å². The van der Waals surface area contributed by atoms with Gasteiger partial charge in [0.1, 0.15) is 0 Å². The van der Waals surface area contributed by atoms with Crippen LogP contribution in [0.5, 0.6) is 0 Å². The highest BCUT2D eigenvalue weighted by molar-refractivity contribution is 6.33. The van der Waals surface area contributed by atoms with Crippen LogP contribution in [0.4, 0.5) is 0 Å². The smallest absolute Gasteiger partial charge is 0.252 e. The van der Waals surface area contributed by atoms with Gasteiger partial charge in [0.2, 0.25) is 0 Å². The Bertz CT molecular complexity index is 843. The summed E-state index contributed by atoms with van der Waals surface area (Å²) in [5.41, 5.74) is 1.76. The third kappa shape index (κ3) is 5.00. The molecule has 0 aromatic heterocycles. The molecule has 1 unspecified atom stereocenters. The first kappa shape index (κ1) is 19.7. The highest BCUT2D eigenvalue weighted by Gasteiger charge is 2.24. The van der Waals surface area contributed by atoms with Crippen molar-refractivity contribution < 1.29 is 9.53 Å². The van der Waals surface area contributed by atoms with E-state index in [1.165, 1.54) is 6.07 Å².